The zero-order chi connectivity index (χ0) is 24.6. The van der Waals surface area contributed by atoms with Gasteiger partial charge in [0.15, 0.2) is 5.78 Å². The molecule has 1 amide bonds. The number of aliphatic hydroxyl groups is 1. The Balaban J connectivity index is 1.64. The molecule has 0 aliphatic carbocycles. The Kier molecular flexibility index (Phi) is 6.30. The van der Waals surface area contributed by atoms with Crippen LogP contribution in [0.3, 0.4) is 0 Å². The molecule has 0 aromatic heterocycles. The number of nitrogens with zero attached hydrogens (tertiary/aromatic N) is 2. The van der Waals surface area contributed by atoms with E-state index in [1.165, 1.54) is 36.1 Å². The highest BCUT2D eigenvalue weighted by atomic mass is 16.6. The van der Waals surface area contributed by atoms with Crippen molar-refractivity contribution in [1.82, 2.24) is 4.90 Å². The summed E-state index contributed by atoms with van der Waals surface area (Å²) in [7, 11) is 0. The van der Waals surface area contributed by atoms with Gasteiger partial charge in [-0.2, -0.15) is 0 Å². The Morgan fingerprint density at radius 1 is 1.12 bits per heavy atom. The van der Waals surface area contributed by atoms with E-state index in [0.717, 1.165) is 0 Å². The highest BCUT2D eigenvalue weighted by molar-refractivity contribution is 6.07. The van der Waals surface area contributed by atoms with Crippen LogP contribution in [-0.2, 0) is 20.9 Å². The number of β-lactam (4-membered cyclic amide) rings is 1. The molecule has 0 spiro atoms. The molecule has 34 heavy (non-hydrogen) atoms. The maximum Gasteiger partial charge on any atom is 0.355 e. The molecule has 2 aromatic rings. The molecule has 3 atom stereocenters. The van der Waals surface area contributed by atoms with E-state index in [-0.39, 0.29) is 54.2 Å². The van der Waals surface area contributed by atoms with Crippen molar-refractivity contribution in [2.24, 2.45) is 11.8 Å². The third kappa shape index (κ3) is 3.99. The van der Waals surface area contributed by atoms with Gasteiger partial charge in [0.1, 0.15) is 12.3 Å². The second-order valence-corrected chi connectivity index (χ2v) is 8.50. The van der Waals surface area contributed by atoms with Crippen molar-refractivity contribution in [3.8, 4) is 0 Å². The lowest BCUT2D eigenvalue weighted by atomic mass is 9.78. The predicted octanol–water partition coefficient (Wildman–Crippen LogP) is 3.11. The van der Waals surface area contributed by atoms with Crippen LogP contribution in [0.5, 0.6) is 0 Å². The number of aliphatic hydroxyl groups excluding tert-OH is 1. The summed E-state index contributed by atoms with van der Waals surface area (Å²) in [6, 6.07) is 12.3. The van der Waals surface area contributed by atoms with E-state index in [9.17, 15) is 29.6 Å². The molecule has 1 saturated heterocycles. The Labute approximate surface area is 195 Å². The van der Waals surface area contributed by atoms with Crippen LogP contribution >= 0.6 is 0 Å². The second-order valence-electron chi connectivity index (χ2n) is 8.50. The van der Waals surface area contributed by atoms with E-state index in [2.05, 4.69) is 0 Å². The number of carbonyl (C=O) groups is 3. The molecule has 176 valence electrons. The van der Waals surface area contributed by atoms with Gasteiger partial charge in [-0.05, 0) is 42.2 Å². The van der Waals surface area contributed by atoms with Gasteiger partial charge in [-0.15, -0.1) is 0 Å². The number of ketones is 1. The van der Waals surface area contributed by atoms with Crippen molar-refractivity contribution >= 4 is 28.9 Å². The van der Waals surface area contributed by atoms with Crippen LogP contribution in [0.25, 0.3) is 5.57 Å². The third-order valence-corrected chi connectivity index (χ3v) is 6.48. The molecule has 1 fully saturated rings. The number of benzene rings is 2. The summed E-state index contributed by atoms with van der Waals surface area (Å²) in [5, 5.41) is 20.2. The molecule has 1 N–H and O–H groups in total. The molecule has 0 bridgehead atoms. The van der Waals surface area contributed by atoms with E-state index >= 15 is 0 Å². The van der Waals surface area contributed by atoms with Crippen molar-refractivity contribution in [2.75, 3.05) is 6.61 Å². The summed E-state index contributed by atoms with van der Waals surface area (Å²) in [6.07, 6.45) is 0.312. The number of fused-ring (bicyclic) bond motifs is 1. The van der Waals surface area contributed by atoms with Crippen molar-refractivity contribution in [1.29, 1.82) is 0 Å². The molecular formula is C25H24N2O7. The minimum atomic E-state index is -0.672. The molecular weight excluding hydrogens is 440 g/mol. The summed E-state index contributed by atoms with van der Waals surface area (Å²) >= 11 is 0. The number of ether oxygens (including phenoxy) is 1. The number of carbonyl (C=O) groups excluding carboxylic acids is 3. The van der Waals surface area contributed by atoms with Crippen LogP contribution in [0.4, 0.5) is 5.69 Å². The predicted molar refractivity (Wildman–Crippen MR) is 121 cm³/mol. The number of non-ortho nitro benzene ring substituents is 1. The van der Waals surface area contributed by atoms with Gasteiger partial charge in [0.25, 0.3) is 5.69 Å². The molecule has 9 nitrogen and oxygen atoms in total. The molecule has 2 heterocycles. The number of nitro groups is 1. The lowest BCUT2D eigenvalue weighted by molar-refractivity contribution is -0.384. The van der Waals surface area contributed by atoms with Gasteiger partial charge in [0.2, 0.25) is 5.91 Å². The average molecular weight is 464 g/mol. The molecule has 0 saturated carbocycles. The lowest BCUT2D eigenvalue weighted by Gasteiger charge is -2.45. The Morgan fingerprint density at radius 2 is 1.76 bits per heavy atom. The van der Waals surface area contributed by atoms with Gasteiger partial charge in [0, 0.05) is 30.2 Å². The number of amides is 1. The van der Waals surface area contributed by atoms with Gasteiger partial charge >= 0.3 is 5.97 Å². The Morgan fingerprint density at radius 3 is 2.32 bits per heavy atom. The fraction of sp³-hybridized carbons (Fsp3) is 0.320. The fourth-order valence-corrected chi connectivity index (χ4v) is 4.77. The SMILES string of the molecule is CC(=O)c1ccc(C2=C(C(=O)OCc3ccc([N+](=O)[O-])cc3)N3C(=O)[C@@H](CCO)[C@H]3[C@H]2C)cc1. The van der Waals surface area contributed by atoms with E-state index in [4.69, 9.17) is 4.74 Å². The van der Waals surface area contributed by atoms with Crippen LogP contribution in [0.2, 0.25) is 0 Å². The topological polar surface area (TPSA) is 127 Å². The molecule has 2 aliphatic heterocycles. The number of nitro benzene ring substituents is 1. The minimum absolute atomic E-state index is 0.0670. The van der Waals surface area contributed by atoms with E-state index in [0.29, 0.717) is 28.7 Å². The first kappa shape index (κ1) is 23.3. The zero-order valence-corrected chi connectivity index (χ0v) is 18.8. The number of hydrogen-bond acceptors (Lipinski definition) is 7. The van der Waals surface area contributed by atoms with Crippen LogP contribution < -0.4 is 0 Å². The summed E-state index contributed by atoms with van der Waals surface area (Å²) in [6.45, 7) is 3.16. The van der Waals surface area contributed by atoms with Gasteiger partial charge < -0.3 is 14.7 Å². The van der Waals surface area contributed by atoms with E-state index in [1.807, 2.05) is 6.92 Å². The molecule has 2 aromatic carbocycles. The quantitative estimate of drug-likeness (QED) is 0.209. The highest BCUT2D eigenvalue weighted by Gasteiger charge is 2.58. The first-order valence-electron chi connectivity index (χ1n) is 10.9. The lowest BCUT2D eigenvalue weighted by Crippen LogP contribution is -2.60. The normalized spacial score (nSPS) is 21.2. The second kappa shape index (κ2) is 9.18. The largest absolute Gasteiger partial charge is 0.456 e. The van der Waals surface area contributed by atoms with Gasteiger partial charge in [-0.3, -0.25) is 19.7 Å². The van der Waals surface area contributed by atoms with Gasteiger partial charge in [-0.25, -0.2) is 4.79 Å². The standard InChI is InChI=1S/C25H24N2O7/c1-14-21(18-7-5-17(6-8-18)15(2)29)23(26-22(14)20(11-12-28)24(26)30)25(31)34-13-16-3-9-19(10-4-16)27(32)33/h3-10,14,20,22,28H,11-13H2,1-2H3/t14-,20-,22+/m0/s1. The summed E-state index contributed by atoms with van der Waals surface area (Å²) < 4.78 is 5.51. The molecule has 4 rings (SSSR count). The van der Waals surface area contributed by atoms with Crippen LogP contribution in [0.1, 0.15) is 41.8 Å². The summed E-state index contributed by atoms with van der Waals surface area (Å²) in [5.41, 5.74) is 2.57. The molecule has 0 radical (unpaired) electrons. The Hall–Kier alpha value is -3.85. The van der Waals surface area contributed by atoms with Gasteiger partial charge in [0.05, 0.1) is 16.9 Å². The molecule has 2 aliphatic rings. The van der Waals surface area contributed by atoms with Crippen molar-refractivity contribution in [3.05, 3.63) is 81.0 Å². The van der Waals surface area contributed by atoms with Crippen molar-refractivity contribution < 1.29 is 29.2 Å². The monoisotopic (exact) mass is 464 g/mol. The third-order valence-electron chi connectivity index (χ3n) is 6.48. The zero-order valence-electron chi connectivity index (χ0n) is 18.8. The van der Waals surface area contributed by atoms with Crippen molar-refractivity contribution in [2.45, 2.75) is 32.9 Å². The number of hydrogen-bond donors (Lipinski definition) is 1. The minimum Gasteiger partial charge on any atom is -0.456 e. The average Bonchev–Trinajstić information content (AvgIpc) is 3.10. The van der Waals surface area contributed by atoms with E-state index in [1.54, 1.807) is 24.3 Å². The van der Waals surface area contributed by atoms with Crippen LogP contribution in [0, 0.1) is 22.0 Å². The molecule has 0 unspecified atom stereocenters. The number of Topliss-reactive ketones (excluding diaryl/α,β-unsaturated/α-hetero) is 1. The Bertz CT molecular complexity index is 1180. The maximum absolute atomic E-state index is 13.2. The smallest absolute Gasteiger partial charge is 0.355 e. The van der Waals surface area contributed by atoms with Crippen molar-refractivity contribution in [3.63, 3.8) is 0 Å². The first-order valence-corrected chi connectivity index (χ1v) is 10.9. The molecule has 9 heteroatoms. The van der Waals surface area contributed by atoms with Crippen LogP contribution in [-0.4, -0.2) is 45.2 Å². The summed E-state index contributed by atoms with van der Waals surface area (Å²) in [5.74, 6) is -1.55. The van der Waals surface area contributed by atoms with Gasteiger partial charge in [-0.1, -0.05) is 31.2 Å². The maximum atomic E-state index is 13.2. The number of rotatable bonds is 8. The highest BCUT2D eigenvalue weighted by Crippen LogP contribution is 2.50. The first-order chi connectivity index (χ1) is 16.2. The number of esters is 1. The van der Waals surface area contributed by atoms with Crippen LogP contribution in [0.15, 0.2) is 54.2 Å². The van der Waals surface area contributed by atoms with E-state index < -0.39 is 10.9 Å². The summed E-state index contributed by atoms with van der Waals surface area (Å²) in [4.78, 5) is 49.5. The fourth-order valence-electron chi connectivity index (χ4n) is 4.77.